The Morgan fingerprint density at radius 1 is 1.44 bits per heavy atom. The molecule has 2 N–H and O–H groups in total. The molecule has 0 aromatic rings. The molecule has 18 heavy (non-hydrogen) atoms. The van der Waals surface area contributed by atoms with Crippen LogP contribution < -0.4 is 5.73 Å². The van der Waals surface area contributed by atoms with Crippen LogP contribution in [0.1, 0.15) is 32.1 Å². The number of aliphatic imine (C=N–C) groups is 1. The first-order valence-electron chi connectivity index (χ1n) is 6.23. The molecule has 0 unspecified atom stereocenters. The monoisotopic (exact) mass is 420 g/mol. The number of hydrogen-bond donors (Lipinski definition) is 1. The van der Waals surface area contributed by atoms with Crippen LogP contribution in [-0.4, -0.2) is 29.7 Å². The van der Waals surface area contributed by atoms with E-state index in [1.165, 1.54) is 51.8 Å². The molecule has 4 nitrogen and oxygen atoms in total. The molecule has 1 aliphatic rings. The van der Waals surface area contributed by atoms with Crippen molar-refractivity contribution in [3.8, 4) is 0 Å². The zero-order valence-corrected chi connectivity index (χ0v) is 13.7. The second kappa shape index (κ2) is 8.49. The van der Waals surface area contributed by atoms with Gasteiger partial charge in [-0.3, -0.25) is 0 Å². The van der Waals surface area contributed by atoms with E-state index in [1.807, 2.05) is 4.40 Å². The molecule has 0 aromatic carbocycles. The second-order valence-electron chi connectivity index (χ2n) is 4.35. The molecule has 0 bridgehead atoms. The number of rotatable bonds is 5. The predicted molar refractivity (Wildman–Crippen MR) is 69.2 cm³/mol. The van der Waals surface area contributed by atoms with Crippen LogP contribution >= 0.6 is 0 Å². The van der Waals surface area contributed by atoms with E-state index in [-0.39, 0.29) is 5.97 Å². The molecular weight excluding hydrogens is 400 g/mol. The van der Waals surface area contributed by atoms with Crippen molar-refractivity contribution in [3.05, 3.63) is 11.8 Å². The van der Waals surface area contributed by atoms with Gasteiger partial charge in [0.2, 0.25) is 0 Å². The minimum atomic E-state index is -0.334. The molecule has 1 rings (SSSR count). The summed E-state index contributed by atoms with van der Waals surface area (Å²) in [5.41, 5.74) is 7.32. The van der Waals surface area contributed by atoms with Gasteiger partial charge in [-0.05, 0) is 0 Å². The predicted octanol–water partition coefficient (Wildman–Crippen LogP) is 1.37. The summed E-state index contributed by atoms with van der Waals surface area (Å²) in [6.45, 7) is 0.411. The van der Waals surface area contributed by atoms with Crippen LogP contribution in [0.2, 0.25) is 0 Å². The van der Waals surface area contributed by atoms with Gasteiger partial charge in [-0.2, -0.15) is 0 Å². The first-order chi connectivity index (χ1) is 8.71. The summed E-state index contributed by atoms with van der Waals surface area (Å²) in [6, 6.07) is 0. The molecular formula is C13H20N2O2W. The van der Waals surface area contributed by atoms with E-state index in [0.29, 0.717) is 12.5 Å². The van der Waals surface area contributed by atoms with Crippen LogP contribution in [0.15, 0.2) is 16.8 Å². The molecule has 100 valence electrons. The summed E-state index contributed by atoms with van der Waals surface area (Å²) in [5, 5.41) is 0. The van der Waals surface area contributed by atoms with Gasteiger partial charge in [-0.1, -0.05) is 0 Å². The third-order valence-electron chi connectivity index (χ3n) is 3.11. The Hall–Kier alpha value is -0.602. The van der Waals surface area contributed by atoms with Crippen molar-refractivity contribution in [3.63, 3.8) is 0 Å². The number of nitrogens with two attached hydrogens (primary N) is 1. The van der Waals surface area contributed by atoms with Gasteiger partial charge < -0.3 is 0 Å². The number of hydrogen-bond acceptors (Lipinski definition) is 4. The normalized spacial score (nSPS) is 18.6. The summed E-state index contributed by atoms with van der Waals surface area (Å²) in [7, 11) is 1.39. The van der Waals surface area contributed by atoms with Gasteiger partial charge in [0, 0.05) is 0 Å². The number of nitrogens with zero attached hydrogens (tertiary/aromatic N) is 1. The first kappa shape index (κ1) is 15.5. The molecule has 0 aromatic heterocycles. The number of allylic oxidation sites excluding steroid dienone is 1. The van der Waals surface area contributed by atoms with Crippen molar-refractivity contribution in [1.82, 2.24) is 0 Å². The van der Waals surface area contributed by atoms with Gasteiger partial charge in [-0.25, -0.2) is 0 Å². The Bertz CT molecular complexity index is 358. The van der Waals surface area contributed by atoms with Crippen molar-refractivity contribution in [2.24, 2.45) is 16.6 Å². The van der Waals surface area contributed by atoms with Gasteiger partial charge in [-0.15, -0.1) is 0 Å². The van der Waals surface area contributed by atoms with E-state index in [2.05, 4.69) is 4.99 Å². The van der Waals surface area contributed by atoms with E-state index in [4.69, 9.17) is 10.5 Å². The average molecular weight is 420 g/mol. The number of esters is 1. The van der Waals surface area contributed by atoms with Crippen LogP contribution in [0.4, 0.5) is 0 Å². The maximum absolute atomic E-state index is 11.4. The van der Waals surface area contributed by atoms with Gasteiger partial charge in [0.1, 0.15) is 0 Å². The Kier molecular flexibility index (Phi) is 7.29. The zero-order chi connectivity index (χ0) is 13.4. The average Bonchev–Trinajstić information content (AvgIpc) is 2.44. The minimum absolute atomic E-state index is 0.334. The van der Waals surface area contributed by atoms with Crippen LogP contribution in [0.3, 0.4) is 0 Å². The summed E-state index contributed by atoms with van der Waals surface area (Å²) in [5.74, 6) is 0.0356. The van der Waals surface area contributed by atoms with Crippen molar-refractivity contribution >= 4 is 16.1 Å². The fourth-order valence-electron chi connectivity index (χ4n) is 2.11. The van der Waals surface area contributed by atoms with Crippen molar-refractivity contribution in [2.75, 3.05) is 13.7 Å². The summed E-state index contributed by atoms with van der Waals surface area (Å²) >= 11 is 1.32. The molecule has 0 spiro atoms. The van der Waals surface area contributed by atoms with Gasteiger partial charge in [0.25, 0.3) is 0 Å². The molecule has 0 saturated heterocycles. The van der Waals surface area contributed by atoms with E-state index in [9.17, 15) is 4.79 Å². The molecule has 1 saturated carbocycles. The molecule has 0 amide bonds. The van der Waals surface area contributed by atoms with Gasteiger partial charge >= 0.3 is 119 Å². The van der Waals surface area contributed by atoms with E-state index >= 15 is 0 Å². The third-order valence-corrected chi connectivity index (χ3v) is 4.09. The molecule has 0 radical (unpaired) electrons. The third kappa shape index (κ3) is 4.95. The molecule has 1 aliphatic carbocycles. The van der Waals surface area contributed by atoms with Crippen LogP contribution in [0, 0.1) is 5.92 Å². The molecule has 0 aliphatic heterocycles. The van der Waals surface area contributed by atoms with Crippen molar-refractivity contribution < 1.29 is 28.9 Å². The van der Waals surface area contributed by atoms with E-state index < -0.39 is 0 Å². The van der Waals surface area contributed by atoms with Crippen molar-refractivity contribution in [1.29, 1.82) is 0 Å². The number of methoxy groups -OCH3 is 1. The summed E-state index contributed by atoms with van der Waals surface area (Å²) in [6.07, 6.45) is 7.40. The van der Waals surface area contributed by atoms with E-state index in [1.54, 1.807) is 0 Å². The first-order valence-corrected chi connectivity index (χ1v) is 7.93. The van der Waals surface area contributed by atoms with Gasteiger partial charge in [0.05, 0.1) is 0 Å². The molecule has 5 heteroatoms. The van der Waals surface area contributed by atoms with Gasteiger partial charge in [0.15, 0.2) is 0 Å². The Morgan fingerprint density at radius 3 is 2.61 bits per heavy atom. The van der Waals surface area contributed by atoms with Crippen LogP contribution in [-0.2, 0) is 28.9 Å². The molecule has 1 fully saturated rings. The van der Waals surface area contributed by atoms with Crippen LogP contribution in [0.25, 0.3) is 0 Å². The van der Waals surface area contributed by atoms with Crippen molar-refractivity contribution in [2.45, 2.75) is 32.1 Å². The number of carbonyl (C=O) groups is 1. The summed E-state index contributed by atoms with van der Waals surface area (Å²) in [4.78, 5) is 16.0. The quantitative estimate of drug-likeness (QED) is 0.415. The topological polar surface area (TPSA) is 64.7 Å². The van der Waals surface area contributed by atoms with Crippen LogP contribution in [0.5, 0.6) is 0 Å². The van der Waals surface area contributed by atoms with E-state index in [0.717, 1.165) is 24.3 Å². The second-order valence-corrected chi connectivity index (χ2v) is 5.20. The number of ether oxygens (including phenoxy) is 1. The standard InChI is InChI=1S/C13H20N2O2.W/c1-10(9-14)15-12(8-13(16)17-2)11-6-4-3-5-7-11;/h1,8,11H,3-7,9,14H2,2H3;. The Morgan fingerprint density at radius 2 is 2.11 bits per heavy atom. The fraction of sp³-hybridized carbons (Fsp3) is 0.615. The molecule has 0 heterocycles. The fourth-order valence-corrected chi connectivity index (χ4v) is 2.64. The number of carbonyl (C=O) groups excluding carboxylic acids is 1. The maximum atomic E-state index is 11.4. The Labute approximate surface area is 119 Å². The SMILES string of the molecule is COC(=O)C=C(N=C([CH]=[W])CN)C1CCCCC1. The Balaban J connectivity index is 2.93. The molecule has 0 atom stereocenters. The zero-order valence-electron chi connectivity index (χ0n) is 10.7. The summed E-state index contributed by atoms with van der Waals surface area (Å²) < 4.78 is 6.67.